The first kappa shape index (κ1) is 23.7. The number of para-hydroxylation sites is 1. The summed E-state index contributed by atoms with van der Waals surface area (Å²) in [5, 5.41) is 15.4. The number of halogens is 1. The minimum atomic E-state index is -1.11. The van der Waals surface area contributed by atoms with Gasteiger partial charge in [-0.1, -0.05) is 23.7 Å². The Hall–Kier alpha value is -4.44. The van der Waals surface area contributed by atoms with Crippen LogP contribution in [0.15, 0.2) is 54.6 Å². The predicted octanol–water partition coefficient (Wildman–Crippen LogP) is 4.13. The highest BCUT2D eigenvalue weighted by Gasteiger charge is 2.16. The smallest absolute Gasteiger partial charge is 0.341 e. The van der Waals surface area contributed by atoms with Crippen LogP contribution in [0.4, 0.5) is 17.3 Å². The first-order valence-electron chi connectivity index (χ1n) is 10.4. The Morgan fingerprint density at radius 2 is 2.00 bits per heavy atom. The molecule has 0 fully saturated rings. The van der Waals surface area contributed by atoms with E-state index in [-0.39, 0.29) is 18.4 Å². The third kappa shape index (κ3) is 5.56. The van der Waals surface area contributed by atoms with Crippen LogP contribution in [-0.4, -0.2) is 40.7 Å². The molecular weight excluding hydrogens is 474 g/mol. The van der Waals surface area contributed by atoms with Gasteiger partial charge >= 0.3 is 5.97 Å². The van der Waals surface area contributed by atoms with E-state index in [1.807, 2.05) is 0 Å². The number of hydrogen-bond acceptors (Lipinski definition) is 7. The fourth-order valence-electron chi connectivity index (χ4n) is 3.51. The Bertz CT molecular complexity index is 1400. The number of carbonyl (C=O) groups excluding carboxylic acids is 1. The van der Waals surface area contributed by atoms with E-state index >= 15 is 0 Å². The fourth-order valence-corrected chi connectivity index (χ4v) is 3.68. The van der Waals surface area contributed by atoms with Gasteiger partial charge in [-0.15, -0.1) is 0 Å². The topological polar surface area (TPSA) is 152 Å². The molecule has 1 heterocycles. The van der Waals surface area contributed by atoms with Crippen LogP contribution < -0.4 is 25.8 Å². The molecular formula is C24H22ClN5O5. The average Bonchev–Trinajstić information content (AvgIpc) is 3.21. The van der Waals surface area contributed by atoms with Crippen molar-refractivity contribution in [1.82, 2.24) is 9.97 Å². The molecule has 10 nitrogen and oxygen atoms in total. The second-order valence-corrected chi connectivity index (χ2v) is 7.92. The molecule has 180 valence electrons. The van der Waals surface area contributed by atoms with E-state index in [2.05, 4.69) is 20.6 Å². The number of nitrogens with one attached hydrogen (secondary N) is 3. The molecule has 0 unspecified atom stereocenters. The zero-order chi connectivity index (χ0) is 24.9. The zero-order valence-corrected chi connectivity index (χ0v) is 19.3. The first-order chi connectivity index (χ1) is 16.8. The number of nitrogens with zero attached hydrogens (tertiary/aromatic N) is 1. The first-order valence-corrected chi connectivity index (χ1v) is 10.8. The van der Waals surface area contributed by atoms with Crippen molar-refractivity contribution in [3.05, 3.63) is 70.7 Å². The number of imidazole rings is 1. The van der Waals surface area contributed by atoms with Gasteiger partial charge < -0.3 is 35.9 Å². The summed E-state index contributed by atoms with van der Waals surface area (Å²) in [4.78, 5) is 31.2. The van der Waals surface area contributed by atoms with E-state index in [0.717, 1.165) is 5.52 Å². The molecule has 0 aliphatic carbocycles. The number of aromatic amines is 1. The summed E-state index contributed by atoms with van der Waals surface area (Å²) < 4.78 is 10.7. The van der Waals surface area contributed by atoms with Crippen molar-refractivity contribution in [3.8, 4) is 11.5 Å². The highest BCUT2D eigenvalue weighted by molar-refractivity contribution is 6.31. The summed E-state index contributed by atoms with van der Waals surface area (Å²) in [7, 11) is 1.47. The van der Waals surface area contributed by atoms with Crippen molar-refractivity contribution in [2.75, 3.05) is 30.1 Å². The van der Waals surface area contributed by atoms with Gasteiger partial charge in [0.25, 0.3) is 5.91 Å². The Morgan fingerprint density at radius 1 is 1.17 bits per heavy atom. The molecule has 1 amide bonds. The second kappa shape index (κ2) is 10.2. The van der Waals surface area contributed by atoms with Crippen molar-refractivity contribution in [2.24, 2.45) is 0 Å². The normalized spacial score (nSPS) is 10.7. The molecule has 4 aromatic rings. The van der Waals surface area contributed by atoms with Gasteiger partial charge in [0.1, 0.15) is 0 Å². The number of aliphatic carboxylic acids is 1. The molecule has 11 heteroatoms. The van der Waals surface area contributed by atoms with Gasteiger partial charge in [0.2, 0.25) is 0 Å². The van der Waals surface area contributed by atoms with Crippen LogP contribution >= 0.6 is 11.6 Å². The summed E-state index contributed by atoms with van der Waals surface area (Å²) in [6, 6.07) is 15.3. The van der Waals surface area contributed by atoms with Crippen molar-refractivity contribution in [3.63, 3.8) is 0 Å². The maximum absolute atomic E-state index is 13.1. The lowest BCUT2D eigenvalue weighted by Crippen LogP contribution is -2.15. The second-order valence-electron chi connectivity index (χ2n) is 7.48. The molecule has 4 rings (SSSR count). The minimum absolute atomic E-state index is 0.229. The highest BCUT2D eigenvalue weighted by Crippen LogP contribution is 2.32. The van der Waals surface area contributed by atoms with Crippen LogP contribution in [0.1, 0.15) is 15.9 Å². The van der Waals surface area contributed by atoms with E-state index in [1.165, 1.54) is 7.11 Å². The summed E-state index contributed by atoms with van der Waals surface area (Å²) >= 11 is 6.17. The van der Waals surface area contributed by atoms with Crippen molar-refractivity contribution >= 4 is 51.8 Å². The number of carboxylic acids is 1. The van der Waals surface area contributed by atoms with Gasteiger partial charge in [-0.25, -0.2) is 9.78 Å². The molecule has 0 atom stereocenters. The SMILES string of the molecule is COc1cccc(CNc2ccc(Cl)cc2C(=O)Nc2ccc3[nH]c(N)nc3c2)c1OCC(=O)O. The van der Waals surface area contributed by atoms with Crippen LogP contribution in [0.5, 0.6) is 11.5 Å². The highest BCUT2D eigenvalue weighted by atomic mass is 35.5. The number of carboxylic acid groups (broad SMARTS) is 1. The van der Waals surface area contributed by atoms with Crippen molar-refractivity contribution in [2.45, 2.75) is 6.54 Å². The van der Waals surface area contributed by atoms with Crippen LogP contribution in [-0.2, 0) is 11.3 Å². The molecule has 1 aromatic heterocycles. The molecule has 3 aromatic carbocycles. The Kier molecular flexibility index (Phi) is 6.93. The number of anilines is 3. The molecule has 0 spiro atoms. The van der Waals surface area contributed by atoms with Gasteiger partial charge in [-0.3, -0.25) is 4.79 Å². The van der Waals surface area contributed by atoms with Crippen LogP contribution in [0.25, 0.3) is 11.0 Å². The number of hydrogen-bond donors (Lipinski definition) is 5. The lowest BCUT2D eigenvalue weighted by atomic mass is 10.1. The van der Waals surface area contributed by atoms with Gasteiger partial charge in [0.15, 0.2) is 24.1 Å². The van der Waals surface area contributed by atoms with Crippen LogP contribution in [0, 0.1) is 0 Å². The van der Waals surface area contributed by atoms with Crippen LogP contribution in [0.3, 0.4) is 0 Å². The molecule has 0 saturated heterocycles. The number of carbonyl (C=O) groups is 2. The predicted molar refractivity (Wildman–Crippen MR) is 133 cm³/mol. The number of rotatable bonds is 9. The summed E-state index contributed by atoms with van der Waals surface area (Å²) in [6.07, 6.45) is 0. The summed E-state index contributed by atoms with van der Waals surface area (Å²) in [5.41, 5.74) is 9.09. The molecule has 0 aliphatic heterocycles. The molecule has 0 aliphatic rings. The summed E-state index contributed by atoms with van der Waals surface area (Å²) in [6.45, 7) is -0.291. The number of nitrogen functional groups attached to an aromatic ring is 1. The largest absolute Gasteiger partial charge is 0.493 e. The zero-order valence-electron chi connectivity index (χ0n) is 18.6. The quantitative estimate of drug-likeness (QED) is 0.232. The summed E-state index contributed by atoms with van der Waals surface area (Å²) in [5.74, 6) is -0.507. The maximum atomic E-state index is 13.1. The number of ether oxygens (including phenoxy) is 2. The molecule has 0 radical (unpaired) electrons. The Balaban J connectivity index is 1.56. The molecule has 6 N–H and O–H groups in total. The van der Waals surface area contributed by atoms with Crippen molar-refractivity contribution < 1.29 is 24.2 Å². The maximum Gasteiger partial charge on any atom is 0.341 e. The van der Waals surface area contributed by atoms with Gasteiger partial charge in [-0.05, 0) is 42.5 Å². The number of fused-ring (bicyclic) bond motifs is 1. The van der Waals surface area contributed by atoms with E-state index in [0.29, 0.717) is 44.5 Å². The Labute approximate surface area is 205 Å². The molecule has 0 bridgehead atoms. The van der Waals surface area contributed by atoms with Gasteiger partial charge in [-0.2, -0.15) is 0 Å². The third-order valence-electron chi connectivity index (χ3n) is 5.08. The monoisotopic (exact) mass is 495 g/mol. The van der Waals surface area contributed by atoms with E-state index in [4.69, 9.17) is 31.9 Å². The number of aromatic nitrogens is 2. The number of benzene rings is 3. The number of methoxy groups -OCH3 is 1. The standard InChI is InChI=1S/C24H22ClN5O5/c1-34-20-4-2-3-13(22(20)35-12-21(31)32)11-27-17-7-5-14(25)9-16(17)23(33)28-15-6-8-18-19(10-15)30-24(26)29-18/h2-10,27H,11-12H2,1H3,(H,28,33)(H,31,32)(H3,26,29,30). The van der Waals surface area contributed by atoms with E-state index in [1.54, 1.807) is 54.6 Å². The van der Waals surface area contributed by atoms with Gasteiger partial charge in [0.05, 0.1) is 23.7 Å². The Morgan fingerprint density at radius 3 is 2.77 bits per heavy atom. The molecule has 35 heavy (non-hydrogen) atoms. The van der Waals surface area contributed by atoms with E-state index in [9.17, 15) is 9.59 Å². The number of H-pyrrole nitrogens is 1. The third-order valence-corrected chi connectivity index (χ3v) is 5.31. The lowest BCUT2D eigenvalue weighted by molar-refractivity contribution is -0.139. The van der Waals surface area contributed by atoms with Gasteiger partial charge in [0, 0.05) is 28.5 Å². The minimum Gasteiger partial charge on any atom is -0.493 e. The molecule has 0 saturated carbocycles. The fraction of sp³-hybridized carbons (Fsp3) is 0.125. The number of amides is 1. The van der Waals surface area contributed by atoms with Crippen LogP contribution in [0.2, 0.25) is 5.02 Å². The van der Waals surface area contributed by atoms with E-state index < -0.39 is 12.6 Å². The number of nitrogens with two attached hydrogens (primary N) is 1. The lowest BCUT2D eigenvalue weighted by Gasteiger charge is -2.16. The average molecular weight is 496 g/mol. The van der Waals surface area contributed by atoms with Crippen molar-refractivity contribution in [1.29, 1.82) is 0 Å².